The number of alkyl halides is 1. The van der Waals surface area contributed by atoms with Crippen LogP contribution in [0.2, 0.25) is 0 Å². The molecule has 0 saturated heterocycles. The Hall–Kier alpha value is -0.280. The number of halogens is 1. The Morgan fingerprint density at radius 1 is 1.24 bits per heavy atom. The van der Waals surface area contributed by atoms with E-state index in [1.807, 2.05) is 11.9 Å². The molecule has 0 aromatic heterocycles. The van der Waals surface area contributed by atoms with E-state index in [1.54, 1.807) is 0 Å². The van der Waals surface area contributed by atoms with Crippen LogP contribution in [0.25, 0.3) is 0 Å². The Balaban J connectivity index is 2.37. The first-order chi connectivity index (χ1) is 8.02. The topological polar surface area (TPSA) is 23.6 Å². The quantitative estimate of drug-likeness (QED) is 0.518. The average Bonchev–Trinajstić information content (AvgIpc) is 2.22. The maximum atomic E-state index is 11.9. The van der Waals surface area contributed by atoms with E-state index in [9.17, 15) is 4.79 Å². The van der Waals surface area contributed by atoms with Gasteiger partial charge in [-0.3, -0.25) is 4.79 Å². The van der Waals surface area contributed by atoms with Crippen molar-refractivity contribution in [2.45, 2.75) is 44.1 Å². The summed E-state index contributed by atoms with van der Waals surface area (Å²) in [6.45, 7) is 0.861. The van der Waals surface area contributed by atoms with E-state index < -0.39 is 0 Å². The molecule has 0 aromatic carbocycles. The van der Waals surface area contributed by atoms with Crippen molar-refractivity contribution in [2.24, 2.45) is 0 Å². The van der Waals surface area contributed by atoms with E-state index in [-0.39, 0.29) is 11.4 Å². The highest BCUT2D eigenvalue weighted by Crippen LogP contribution is 2.36. The van der Waals surface area contributed by atoms with Gasteiger partial charge in [0, 0.05) is 31.4 Å². The monoisotopic (exact) mass is 260 g/mol. The lowest BCUT2D eigenvalue weighted by Gasteiger charge is -2.49. The number of carbonyl (C=O) groups is 1. The van der Waals surface area contributed by atoms with Crippen LogP contribution in [0.15, 0.2) is 0 Å². The van der Waals surface area contributed by atoms with Gasteiger partial charge in [-0.05, 0) is 46.2 Å². The molecule has 17 heavy (non-hydrogen) atoms. The van der Waals surface area contributed by atoms with Gasteiger partial charge in [-0.25, -0.2) is 0 Å². The fraction of sp³-hybridized carbons (Fsp3) is 0.923. The minimum Gasteiger partial charge on any atom is -0.344 e. The van der Waals surface area contributed by atoms with Gasteiger partial charge in [0.1, 0.15) is 0 Å². The molecule has 0 bridgehead atoms. The molecule has 3 nitrogen and oxygen atoms in total. The Kier molecular flexibility index (Phi) is 5.74. The number of carbonyl (C=O) groups excluding carboxylic acids is 1. The molecule has 1 amide bonds. The lowest BCUT2D eigenvalue weighted by atomic mass is 9.75. The Morgan fingerprint density at radius 2 is 1.88 bits per heavy atom. The summed E-state index contributed by atoms with van der Waals surface area (Å²) in [6, 6.07) is 0. The van der Waals surface area contributed by atoms with E-state index in [4.69, 9.17) is 11.6 Å². The zero-order valence-corrected chi connectivity index (χ0v) is 12.1. The molecule has 0 spiro atoms. The molecule has 1 fully saturated rings. The van der Waals surface area contributed by atoms with E-state index in [1.165, 1.54) is 19.3 Å². The van der Waals surface area contributed by atoms with Gasteiger partial charge < -0.3 is 9.80 Å². The molecule has 0 aromatic rings. The Labute approximate surface area is 110 Å². The fourth-order valence-corrected chi connectivity index (χ4v) is 2.61. The molecule has 0 aliphatic heterocycles. The number of nitrogens with zero attached hydrogens (tertiary/aromatic N) is 2. The molecule has 0 unspecified atom stereocenters. The molecule has 0 radical (unpaired) electrons. The summed E-state index contributed by atoms with van der Waals surface area (Å²) in [5.74, 6) is 0.904. The van der Waals surface area contributed by atoms with Crippen LogP contribution in [-0.2, 0) is 4.79 Å². The second kappa shape index (κ2) is 6.60. The first-order valence-electron chi connectivity index (χ1n) is 6.49. The predicted molar refractivity (Wildman–Crippen MR) is 72.5 cm³/mol. The number of hydrogen-bond donors (Lipinski definition) is 0. The molecule has 0 atom stereocenters. The molecule has 0 N–H and O–H groups in total. The van der Waals surface area contributed by atoms with Gasteiger partial charge in [0.2, 0.25) is 5.91 Å². The number of rotatable bonds is 7. The third-order valence-corrected chi connectivity index (χ3v) is 4.23. The summed E-state index contributed by atoms with van der Waals surface area (Å²) < 4.78 is 0. The minimum absolute atomic E-state index is 0.233. The van der Waals surface area contributed by atoms with Gasteiger partial charge in [-0.1, -0.05) is 0 Å². The number of unbranched alkanes of at least 4 members (excludes halogenated alkanes) is 1. The van der Waals surface area contributed by atoms with Crippen LogP contribution < -0.4 is 0 Å². The van der Waals surface area contributed by atoms with Gasteiger partial charge in [0.25, 0.3) is 0 Å². The van der Waals surface area contributed by atoms with E-state index in [0.717, 1.165) is 19.4 Å². The zero-order chi connectivity index (χ0) is 12.9. The summed E-state index contributed by atoms with van der Waals surface area (Å²) >= 11 is 5.61. The molecule has 0 heterocycles. The van der Waals surface area contributed by atoms with Crippen LogP contribution in [0.5, 0.6) is 0 Å². The molecular weight excluding hydrogens is 236 g/mol. The van der Waals surface area contributed by atoms with Crippen molar-refractivity contribution in [3.63, 3.8) is 0 Å². The van der Waals surface area contributed by atoms with Crippen molar-refractivity contribution in [1.29, 1.82) is 0 Å². The highest BCUT2D eigenvalue weighted by atomic mass is 35.5. The van der Waals surface area contributed by atoms with Crippen LogP contribution in [0.3, 0.4) is 0 Å². The van der Waals surface area contributed by atoms with E-state index in [0.29, 0.717) is 12.3 Å². The van der Waals surface area contributed by atoms with E-state index in [2.05, 4.69) is 19.0 Å². The van der Waals surface area contributed by atoms with Crippen molar-refractivity contribution >= 4 is 17.5 Å². The highest BCUT2D eigenvalue weighted by molar-refractivity contribution is 6.17. The molecule has 1 saturated carbocycles. The number of likely N-dealkylation sites (N-methyl/N-ethyl adjacent to an activating group) is 2. The van der Waals surface area contributed by atoms with Crippen molar-refractivity contribution < 1.29 is 4.79 Å². The maximum absolute atomic E-state index is 11.9. The van der Waals surface area contributed by atoms with Crippen LogP contribution in [-0.4, -0.2) is 54.8 Å². The first kappa shape index (κ1) is 14.8. The van der Waals surface area contributed by atoms with Crippen LogP contribution in [0.4, 0.5) is 0 Å². The zero-order valence-electron chi connectivity index (χ0n) is 11.3. The lowest BCUT2D eigenvalue weighted by Crippen LogP contribution is -2.57. The first-order valence-corrected chi connectivity index (χ1v) is 7.03. The summed E-state index contributed by atoms with van der Waals surface area (Å²) in [5, 5.41) is 0. The predicted octanol–water partition coefficient (Wildman–Crippen LogP) is 2.34. The largest absolute Gasteiger partial charge is 0.344 e. The Bertz CT molecular complexity index is 252. The Morgan fingerprint density at radius 3 is 2.29 bits per heavy atom. The van der Waals surface area contributed by atoms with Gasteiger partial charge >= 0.3 is 0 Å². The molecular formula is C13H25ClN2O. The third-order valence-electron chi connectivity index (χ3n) is 3.96. The second-order valence-corrected chi connectivity index (χ2v) is 5.75. The second-order valence-electron chi connectivity index (χ2n) is 5.37. The van der Waals surface area contributed by atoms with Gasteiger partial charge in [0.15, 0.2) is 0 Å². The summed E-state index contributed by atoms with van der Waals surface area (Å²) in [5.41, 5.74) is 0.233. The van der Waals surface area contributed by atoms with Gasteiger partial charge in [-0.15, -0.1) is 11.6 Å². The minimum atomic E-state index is 0.233. The van der Waals surface area contributed by atoms with Crippen LogP contribution in [0.1, 0.15) is 38.5 Å². The maximum Gasteiger partial charge on any atom is 0.222 e. The third kappa shape index (κ3) is 3.85. The molecule has 100 valence electrons. The fourth-order valence-electron chi connectivity index (χ4n) is 2.42. The summed E-state index contributed by atoms with van der Waals surface area (Å²) in [7, 11) is 6.16. The lowest BCUT2D eigenvalue weighted by molar-refractivity contribution is -0.132. The van der Waals surface area contributed by atoms with Gasteiger partial charge in [0.05, 0.1) is 0 Å². The van der Waals surface area contributed by atoms with Crippen molar-refractivity contribution in [2.75, 3.05) is 33.6 Å². The highest BCUT2D eigenvalue weighted by Gasteiger charge is 2.40. The van der Waals surface area contributed by atoms with Crippen molar-refractivity contribution in [3.8, 4) is 0 Å². The SMILES string of the molecule is CN(CC1(N(C)C)CCC1)C(=O)CCCCCl. The van der Waals surface area contributed by atoms with Gasteiger partial charge in [-0.2, -0.15) is 0 Å². The smallest absolute Gasteiger partial charge is 0.222 e. The molecule has 1 rings (SSSR count). The number of hydrogen-bond acceptors (Lipinski definition) is 2. The van der Waals surface area contributed by atoms with Crippen LogP contribution in [0, 0.1) is 0 Å². The van der Waals surface area contributed by atoms with Crippen molar-refractivity contribution in [1.82, 2.24) is 9.80 Å². The number of amides is 1. The normalized spacial score (nSPS) is 17.9. The molecule has 1 aliphatic carbocycles. The summed E-state index contributed by atoms with van der Waals surface area (Å²) in [6.07, 6.45) is 6.17. The van der Waals surface area contributed by atoms with Crippen molar-refractivity contribution in [3.05, 3.63) is 0 Å². The molecule has 4 heteroatoms. The average molecular weight is 261 g/mol. The van der Waals surface area contributed by atoms with E-state index >= 15 is 0 Å². The summed E-state index contributed by atoms with van der Waals surface area (Å²) in [4.78, 5) is 16.1. The molecule has 1 aliphatic rings. The standard InChI is InChI=1S/C13H25ClN2O/c1-15(2)13(8-6-9-13)11-16(3)12(17)7-4-5-10-14/h4-11H2,1-3H3. The van der Waals surface area contributed by atoms with Crippen LogP contribution >= 0.6 is 11.6 Å².